The van der Waals surface area contributed by atoms with Gasteiger partial charge in [0.15, 0.2) is 0 Å². The van der Waals surface area contributed by atoms with E-state index in [2.05, 4.69) is 15.7 Å². The number of amides is 1. The van der Waals surface area contributed by atoms with Crippen molar-refractivity contribution in [3.63, 3.8) is 0 Å². The summed E-state index contributed by atoms with van der Waals surface area (Å²) in [5, 5.41) is 11.3. The second kappa shape index (κ2) is 6.75. The summed E-state index contributed by atoms with van der Waals surface area (Å²) < 4.78 is 1.71. The van der Waals surface area contributed by atoms with E-state index in [1.807, 2.05) is 30.3 Å². The van der Waals surface area contributed by atoms with Crippen LogP contribution in [0.15, 0.2) is 36.5 Å². The van der Waals surface area contributed by atoms with Gasteiger partial charge in [0.05, 0.1) is 11.9 Å². The number of carbonyl (C=O) groups excluding carboxylic acids is 1. The minimum Gasteiger partial charge on any atom is -0.317 e. The summed E-state index contributed by atoms with van der Waals surface area (Å²) in [7, 11) is 0. The zero-order chi connectivity index (χ0) is 15.9. The number of rotatable bonds is 3. The van der Waals surface area contributed by atoms with Crippen LogP contribution in [-0.4, -0.2) is 28.8 Å². The van der Waals surface area contributed by atoms with Crippen molar-refractivity contribution >= 4 is 35.7 Å². The molecule has 1 saturated heterocycles. The van der Waals surface area contributed by atoms with Crippen LogP contribution in [0, 0.1) is 11.3 Å². The molecule has 2 aliphatic rings. The molecular weight excluding hydrogens is 347 g/mol. The first-order valence-electron chi connectivity index (χ1n) is 8.00. The van der Waals surface area contributed by atoms with Crippen molar-refractivity contribution in [2.24, 2.45) is 11.3 Å². The molecule has 1 unspecified atom stereocenters. The summed E-state index contributed by atoms with van der Waals surface area (Å²) in [6.45, 7) is 2.04. The molecular formula is C17H20Cl2N4O. The average Bonchev–Trinajstić information content (AvgIpc) is 3.04. The van der Waals surface area contributed by atoms with E-state index in [4.69, 9.17) is 11.6 Å². The van der Waals surface area contributed by atoms with Crippen molar-refractivity contribution in [1.82, 2.24) is 15.1 Å². The van der Waals surface area contributed by atoms with Gasteiger partial charge in [0.2, 0.25) is 5.91 Å². The van der Waals surface area contributed by atoms with Crippen LogP contribution in [0.5, 0.6) is 0 Å². The van der Waals surface area contributed by atoms with E-state index in [0.29, 0.717) is 10.8 Å². The third-order valence-corrected chi connectivity index (χ3v) is 5.29. The van der Waals surface area contributed by atoms with Gasteiger partial charge in [-0.05, 0) is 56.0 Å². The Morgan fingerprint density at radius 3 is 2.88 bits per heavy atom. The van der Waals surface area contributed by atoms with Crippen LogP contribution in [0.4, 0.5) is 5.82 Å². The predicted molar refractivity (Wildman–Crippen MR) is 97.1 cm³/mol. The maximum absolute atomic E-state index is 12.6. The Morgan fingerprint density at radius 1 is 1.33 bits per heavy atom. The first-order chi connectivity index (χ1) is 11.2. The van der Waals surface area contributed by atoms with Gasteiger partial charge in [-0.1, -0.05) is 17.7 Å². The van der Waals surface area contributed by atoms with Gasteiger partial charge in [0.25, 0.3) is 0 Å². The molecule has 2 aromatic rings. The lowest BCUT2D eigenvalue weighted by Crippen LogP contribution is -2.31. The molecule has 1 spiro atoms. The van der Waals surface area contributed by atoms with Crippen molar-refractivity contribution in [2.45, 2.75) is 19.3 Å². The molecule has 1 aromatic heterocycles. The smallest absolute Gasteiger partial charge is 0.229 e. The molecule has 1 aromatic carbocycles. The molecule has 7 heteroatoms. The van der Waals surface area contributed by atoms with Crippen LogP contribution in [-0.2, 0) is 4.79 Å². The number of benzene rings is 1. The average molecular weight is 367 g/mol. The molecule has 1 aliphatic heterocycles. The van der Waals surface area contributed by atoms with Crippen LogP contribution in [0.3, 0.4) is 0 Å². The highest BCUT2D eigenvalue weighted by molar-refractivity contribution is 6.30. The second-order valence-electron chi connectivity index (χ2n) is 6.47. The fourth-order valence-electron chi connectivity index (χ4n) is 3.62. The van der Waals surface area contributed by atoms with E-state index < -0.39 is 0 Å². The molecule has 2 heterocycles. The van der Waals surface area contributed by atoms with Crippen LogP contribution in [0.2, 0.25) is 5.02 Å². The molecule has 128 valence electrons. The Labute approximate surface area is 152 Å². The lowest BCUT2D eigenvalue weighted by Gasteiger charge is -2.23. The SMILES string of the molecule is Cl.O=C(Nc1ccnn1-c1cccc(Cl)c1)C1CC12CCNCC2. The molecule has 0 bridgehead atoms. The molecule has 1 amide bonds. The van der Waals surface area contributed by atoms with Gasteiger partial charge in [-0.25, -0.2) is 4.68 Å². The first-order valence-corrected chi connectivity index (χ1v) is 8.37. The van der Waals surface area contributed by atoms with Crippen LogP contribution in [0.1, 0.15) is 19.3 Å². The van der Waals surface area contributed by atoms with Gasteiger partial charge in [-0.2, -0.15) is 5.10 Å². The molecule has 5 nitrogen and oxygen atoms in total. The number of anilines is 1. The first kappa shape index (κ1) is 17.3. The van der Waals surface area contributed by atoms with Crippen LogP contribution in [0.25, 0.3) is 5.69 Å². The van der Waals surface area contributed by atoms with E-state index in [-0.39, 0.29) is 29.6 Å². The second-order valence-corrected chi connectivity index (χ2v) is 6.90. The maximum atomic E-state index is 12.6. The summed E-state index contributed by atoms with van der Waals surface area (Å²) in [5.41, 5.74) is 1.07. The predicted octanol–water partition coefficient (Wildman–Crippen LogP) is 3.28. The topological polar surface area (TPSA) is 59.0 Å². The largest absolute Gasteiger partial charge is 0.317 e. The van der Waals surface area contributed by atoms with Gasteiger partial charge in [0, 0.05) is 17.0 Å². The minimum atomic E-state index is 0. The van der Waals surface area contributed by atoms with E-state index in [9.17, 15) is 4.79 Å². The van der Waals surface area contributed by atoms with Crippen molar-refractivity contribution in [2.75, 3.05) is 18.4 Å². The zero-order valence-electron chi connectivity index (χ0n) is 13.2. The third-order valence-electron chi connectivity index (χ3n) is 5.05. The monoisotopic (exact) mass is 366 g/mol. The molecule has 2 N–H and O–H groups in total. The van der Waals surface area contributed by atoms with Gasteiger partial charge >= 0.3 is 0 Å². The van der Waals surface area contributed by atoms with Crippen molar-refractivity contribution in [1.29, 1.82) is 0 Å². The Hall–Kier alpha value is -1.56. The van der Waals surface area contributed by atoms with Crippen molar-refractivity contribution in [3.05, 3.63) is 41.6 Å². The van der Waals surface area contributed by atoms with Crippen LogP contribution >= 0.6 is 24.0 Å². The Morgan fingerprint density at radius 2 is 2.12 bits per heavy atom. The normalized spacial score (nSPS) is 21.1. The highest BCUT2D eigenvalue weighted by atomic mass is 35.5. The highest BCUT2D eigenvalue weighted by Gasteiger charge is 2.57. The molecule has 1 saturated carbocycles. The summed E-state index contributed by atoms with van der Waals surface area (Å²) in [5.74, 6) is 0.927. The quantitative estimate of drug-likeness (QED) is 0.876. The lowest BCUT2D eigenvalue weighted by molar-refractivity contribution is -0.118. The van der Waals surface area contributed by atoms with E-state index in [0.717, 1.165) is 38.0 Å². The number of nitrogens with zero attached hydrogens (tertiary/aromatic N) is 2. The molecule has 4 rings (SSSR count). The number of halogens is 2. The number of aromatic nitrogens is 2. The summed E-state index contributed by atoms with van der Waals surface area (Å²) >= 11 is 6.04. The standard InChI is InChI=1S/C17H19ClN4O.ClH/c18-12-2-1-3-13(10-12)22-15(4-7-20-22)21-16(23)14-11-17(14)5-8-19-9-6-17;/h1-4,7,10,14,19H,5-6,8-9,11H2,(H,21,23);1H. The fraction of sp³-hybridized carbons (Fsp3) is 0.412. The van der Waals surface area contributed by atoms with Crippen LogP contribution < -0.4 is 10.6 Å². The number of piperidine rings is 1. The molecule has 2 fully saturated rings. The maximum Gasteiger partial charge on any atom is 0.229 e. The highest BCUT2D eigenvalue weighted by Crippen LogP contribution is 2.58. The summed E-state index contributed by atoms with van der Waals surface area (Å²) in [6.07, 6.45) is 4.88. The third kappa shape index (κ3) is 3.16. The van der Waals surface area contributed by atoms with Crippen molar-refractivity contribution < 1.29 is 4.79 Å². The summed E-state index contributed by atoms with van der Waals surface area (Å²) in [4.78, 5) is 12.6. The van der Waals surface area contributed by atoms with Gasteiger partial charge in [-0.3, -0.25) is 4.79 Å². The van der Waals surface area contributed by atoms with E-state index in [1.54, 1.807) is 10.9 Å². The molecule has 0 radical (unpaired) electrons. The Balaban J connectivity index is 0.00000169. The molecule has 24 heavy (non-hydrogen) atoms. The fourth-order valence-corrected chi connectivity index (χ4v) is 3.81. The number of hydrogen-bond donors (Lipinski definition) is 2. The lowest BCUT2D eigenvalue weighted by atomic mass is 9.92. The molecule has 1 atom stereocenters. The van der Waals surface area contributed by atoms with E-state index in [1.165, 1.54) is 0 Å². The Kier molecular flexibility index (Phi) is 4.85. The minimum absolute atomic E-state index is 0. The number of hydrogen-bond acceptors (Lipinski definition) is 3. The number of nitrogens with one attached hydrogen (secondary N) is 2. The summed E-state index contributed by atoms with van der Waals surface area (Å²) in [6, 6.07) is 9.25. The van der Waals surface area contributed by atoms with E-state index >= 15 is 0 Å². The number of carbonyl (C=O) groups is 1. The van der Waals surface area contributed by atoms with Gasteiger partial charge in [0.1, 0.15) is 5.82 Å². The Bertz CT molecular complexity index is 740. The zero-order valence-corrected chi connectivity index (χ0v) is 14.7. The van der Waals surface area contributed by atoms with Gasteiger partial charge < -0.3 is 10.6 Å². The van der Waals surface area contributed by atoms with Gasteiger partial charge in [-0.15, -0.1) is 12.4 Å². The molecule has 1 aliphatic carbocycles. The van der Waals surface area contributed by atoms with Crippen molar-refractivity contribution in [3.8, 4) is 5.69 Å².